The number of nitrogens with zero attached hydrogens (tertiary/aromatic N) is 3. The van der Waals surface area contributed by atoms with Crippen LogP contribution in [0.1, 0.15) is 6.42 Å². The average molecular weight is 334 g/mol. The van der Waals surface area contributed by atoms with Crippen molar-refractivity contribution in [3.8, 4) is 0 Å². The fourth-order valence-electron chi connectivity index (χ4n) is 2.23. The van der Waals surface area contributed by atoms with E-state index in [1.165, 1.54) is 0 Å². The van der Waals surface area contributed by atoms with Gasteiger partial charge in [-0.2, -0.15) is 0 Å². The highest BCUT2D eigenvalue weighted by Gasteiger charge is 2.17. The van der Waals surface area contributed by atoms with Gasteiger partial charge in [0.15, 0.2) is 0 Å². The number of rotatable bonds is 3. The monoisotopic (exact) mass is 332 g/mol. The van der Waals surface area contributed by atoms with E-state index in [2.05, 4.69) is 30.7 Å². The lowest BCUT2D eigenvalue weighted by Crippen LogP contribution is -2.34. The van der Waals surface area contributed by atoms with Crippen LogP contribution in [0.25, 0.3) is 0 Å². The summed E-state index contributed by atoms with van der Waals surface area (Å²) < 4.78 is 0.960. The molecule has 1 aliphatic rings. The Morgan fingerprint density at radius 3 is 2.89 bits per heavy atom. The zero-order valence-corrected chi connectivity index (χ0v) is 12.6. The number of hydrogen-bond acceptors (Lipinski definition) is 4. The molecule has 0 bridgehead atoms. The van der Waals surface area contributed by atoms with Crippen molar-refractivity contribution in [1.29, 1.82) is 0 Å². The van der Waals surface area contributed by atoms with Gasteiger partial charge in [0.05, 0.1) is 9.50 Å². The Bertz CT molecular complexity index is 402. The van der Waals surface area contributed by atoms with Crippen molar-refractivity contribution in [2.75, 3.05) is 44.2 Å². The Morgan fingerprint density at radius 1 is 1.33 bits per heavy atom. The van der Waals surface area contributed by atoms with E-state index in [-0.39, 0.29) is 0 Å². The predicted molar refractivity (Wildman–Crippen MR) is 79.3 cm³/mol. The second kappa shape index (κ2) is 6.70. The Balaban J connectivity index is 2.05. The maximum atomic E-state index is 5.92. The summed E-state index contributed by atoms with van der Waals surface area (Å²) in [6.07, 6.45) is 2.83. The Kier molecular flexibility index (Phi) is 5.24. The van der Waals surface area contributed by atoms with Gasteiger partial charge in [0, 0.05) is 38.9 Å². The van der Waals surface area contributed by atoms with Crippen molar-refractivity contribution in [3.63, 3.8) is 0 Å². The van der Waals surface area contributed by atoms with Gasteiger partial charge in [0.2, 0.25) is 0 Å². The number of halogens is 2. The molecule has 0 amide bonds. The third kappa shape index (κ3) is 3.57. The molecule has 18 heavy (non-hydrogen) atoms. The number of hydrogen-bond donors (Lipinski definition) is 1. The summed E-state index contributed by atoms with van der Waals surface area (Å²) in [5.74, 6) is 0.981. The van der Waals surface area contributed by atoms with Crippen molar-refractivity contribution < 1.29 is 0 Å². The van der Waals surface area contributed by atoms with Gasteiger partial charge in [0.1, 0.15) is 5.82 Å². The lowest BCUT2D eigenvalue weighted by molar-refractivity contribution is 0.302. The first kappa shape index (κ1) is 14.1. The molecule has 0 atom stereocenters. The third-order valence-corrected chi connectivity index (χ3v) is 3.91. The van der Waals surface area contributed by atoms with Crippen LogP contribution >= 0.6 is 27.5 Å². The second-order valence-electron chi connectivity index (χ2n) is 4.43. The summed E-state index contributed by atoms with van der Waals surface area (Å²) in [5, 5.41) is 0.658. The first-order chi connectivity index (χ1) is 8.70. The first-order valence-corrected chi connectivity index (χ1v) is 7.36. The van der Waals surface area contributed by atoms with Gasteiger partial charge in [-0.15, -0.1) is 0 Å². The highest BCUT2D eigenvalue weighted by Crippen LogP contribution is 2.27. The molecule has 100 valence electrons. The van der Waals surface area contributed by atoms with E-state index in [1.54, 1.807) is 6.20 Å². The second-order valence-corrected chi connectivity index (χ2v) is 5.72. The zero-order chi connectivity index (χ0) is 13.0. The van der Waals surface area contributed by atoms with Gasteiger partial charge in [-0.25, -0.2) is 4.98 Å². The molecule has 1 saturated heterocycles. The van der Waals surface area contributed by atoms with E-state index in [0.717, 1.165) is 56.0 Å². The summed E-state index contributed by atoms with van der Waals surface area (Å²) >= 11 is 9.45. The van der Waals surface area contributed by atoms with Gasteiger partial charge >= 0.3 is 0 Å². The molecule has 0 aromatic carbocycles. The lowest BCUT2D eigenvalue weighted by Gasteiger charge is -2.23. The van der Waals surface area contributed by atoms with Crippen molar-refractivity contribution in [1.82, 2.24) is 9.88 Å². The van der Waals surface area contributed by atoms with Crippen LogP contribution in [0, 0.1) is 0 Å². The molecule has 1 aliphatic heterocycles. The van der Waals surface area contributed by atoms with Crippen LogP contribution in [0.2, 0.25) is 5.02 Å². The number of pyridine rings is 1. The van der Waals surface area contributed by atoms with E-state index >= 15 is 0 Å². The van der Waals surface area contributed by atoms with Gasteiger partial charge in [-0.1, -0.05) is 11.6 Å². The van der Waals surface area contributed by atoms with E-state index in [1.807, 2.05) is 6.07 Å². The van der Waals surface area contributed by atoms with Gasteiger partial charge in [0.25, 0.3) is 0 Å². The minimum atomic E-state index is 0.658. The minimum Gasteiger partial charge on any atom is -0.354 e. The summed E-state index contributed by atoms with van der Waals surface area (Å²) in [7, 11) is 0. The van der Waals surface area contributed by atoms with Crippen LogP contribution in [-0.4, -0.2) is 49.2 Å². The van der Waals surface area contributed by atoms with Gasteiger partial charge in [-0.05, 0) is 35.0 Å². The van der Waals surface area contributed by atoms with Gasteiger partial charge < -0.3 is 15.5 Å². The highest BCUT2D eigenvalue weighted by atomic mass is 79.9. The summed E-state index contributed by atoms with van der Waals surface area (Å²) in [5.41, 5.74) is 5.61. The predicted octanol–water partition coefficient (Wildman–Crippen LogP) is 1.97. The number of aromatic nitrogens is 1. The van der Waals surface area contributed by atoms with E-state index in [0.29, 0.717) is 5.02 Å². The quantitative estimate of drug-likeness (QED) is 0.918. The van der Waals surface area contributed by atoms with Crippen molar-refractivity contribution in [3.05, 3.63) is 21.8 Å². The van der Waals surface area contributed by atoms with E-state index in [9.17, 15) is 0 Å². The van der Waals surface area contributed by atoms with Crippen LogP contribution in [0.4, 0.5) is 5.82 Å². The molecule has 4 nitrogen and oxygen atoms in total. The molecule has 1 aromatic rings. The van der Waals surface area contributed by atoms with Crippen LogP contribution in [-0.2, 0) is 0 Å². The van der Waals surface area contributed by atoms with E-state index in [4.69, 9.17) is 17.3 Å². The first-order valence-electron chi connectivity index (χ1n) is 6.19. The van der Waals surface area contributed by atoms with Crippen molar-refractivity contribution in [2.24, 2.45) is 5.73 Å². The summed E-state index contributed by atoms with van der Waals surface area (Å²) in [6.45, 7) is 5.85. The van der Waals surface area contributed by atoms with Gasteiger partial charge in [-0.3, -0.25) is 0 Å². The number of nitrogens with two attached hydrogens (primary N) is 1. The molecule has 0 unspecified atom stereocenters. The highest BCUT2D eigenvalue weighted by molar-refractivity contribution is 9.10. The fourth-order valence-corrected chi connectivity index (χ4v) is 3.12. The Hall–Kier alpha value is -0.360. The Labute approximate surface area is 121 Å². The Morgan fingerprint density at radius 2 is 2.17 bits per heavy atom. The van der Waals surface area contributed by atoms with Crippen molar-refractivity contribution in [2.45, 2.75) is 6.42 Å². The molecule has 0 spiro atoms. The van der Waals surface area contributed by atoms with Crippen LogP contribution in [0.15, 0.2) is 16.7 Å². The SMILES string of the molecule is NCCN1CCCN(c2ncc(Cl)cc2Br)CC1. The molecule has 2 N–H and O–H groups in total. The maximum Gasteiger partial charge on any atom is 0.143 e. The van der Waals surface area contributed by atoms with E-state index < -0.39 is 0 Å². The average Bonchev–Trinajstić information content (AvgIpc) is 2.55. The molecule has 6 heteroatoms. The third-order valence-electron chi connectivity index (χ3n) is 3.12. The standard InChI is InChI=1S/C12H18BrClN4/c13-11-8-10(14)9-16-12(11)18-4-1-3-17(5-2-15)6-7-18/h8-9H,1-7,15H2. The minimum absolute atomic E-state index is 0.658. The van der Waals surface area contributed by atoms with Crippen LogP contribution < -0.4 is 10.6 Å². The zero-order valence-electron chi connectivity index (χ0n) is 10.3. The maximum absolute atomic E-state index is 5.92. The van der Waals surface area contributed by atoms with Crippen LogP contribution in [0.5, 0.6) is 0 Å². The molecule has 0 radical (unpaired) electrons. The molecular weight excluding hydrogens is 316 g/mol. The number of anilines is 1. The molecule has 1 aromatic heterocycles. The van der Waals surface area contributed by atoms with Crippen molar-refractivity contribution >= 4 is 33.3 Å². The summed E-state index contributed by atoms with van der Waals surface area (Å²) in [4.78, 5) is 9.13. The normalized spacial score (nSPS) is 17.8. The topological polar surface area (TPSA) is 45.4 Å². The molecule has 2 heterocycles. The molecule has 0 saturated carbocycles. The molecule has 2 rings (SSSR count). The summed E-state index contributed by atoms with van der Waals surface area (Å²) in [6, 6.07) is 1.90. The molecule has 0 aliphatic carbocycles. The molecular formula is C12H18BrClN4. The largest absolute Gasteiger partial charge is 0.354 e. The fraction of sp³-hybridized carbons (Fsp3) is 0.583. The smallest absolute Gasteiger partial charge is 0.143 e. The van der Waals surface area contributed by atoms with Crippen LogP contribution in [0.3, 0.4) is 0 Å². The molecule has 1 fully saturated rings. The lowest BCUT2D eigenvalue weighted by atomic mass is 10.3.